The molecule has 1 aromatic heterocycles. The summed E-state index contributed by atoms with van der Waals surface area (Å²) in [5, 5.41) is 2.40. The first-order chi connectivity index (χ1) is 16.5. The van der Waals surface area contributed by atoms with Crippen LogP contribution in [0.25, 0.3) is 5.57 Å². The predicted octanol–water partition coefficient (Wildman–Crippen LogP) is 4.78. The van der Waals surface area contributed by atoms with Gasteiger partial charge in [-0.2, -0.15) is 0 Å². The zero-order chi connectivity index (χ0) is 26.2. The minimum atomic E-state index is -3.85. The first-order valence-electron chi connectivity index (χ1n) is 10.9. The number of anilines is 3. The zero-order valence-electron chi connectivity index (χ0n) is 20.0. The van der Waals surface area contributed by atoms with Gasteiger partial charge < -0.3 is 11.1 Å². The Bertz CT molecular complexity index is 1270. The molecule has 188 valence electrons. The number of allylic oxidation sites excluding steroid dienone is 3. The van der Waals surface area contributed by atoms with Crippen molar-refractivity contribution in [3.8, 4) is 0 Å². The molecule has 0 aliphatic heterocycles. The van der Waals surface area contributed by atoms with Crippen LogP contribution < -0.4 is 15.8 Å². The van der Waals surface area contributed by atoms with Crippen molar-refractivity contribution >= 4 is 44.9 Å². The van der Waals surface area contributed by atoms with Gasteiger partial charge in [0.15, 0.2) is 5.82 Å². The highest BCUT2D eigenvalue weighted by Gasteiger charge is 2.23. The molecule has 0 aliphatic carbocycles. The molecule has 35 heavy (non-hydrogen) atoms. The van der Waals surface area contributed by atoms with Crippen molar-refractivity contribution in [2.75, 3.05) is 21.5 Å². The summed E-state index contributed by atoms with van der Waals surface area (Å²) >= 11 is 0. The molecule has 4 N–H and O–H groups in total. The van der Waals surface area contributed by atoms with Crippen molar-refractivity contribution < 1.29 is 22.0 Å². The van der Waals surface area contributed by atoms with Crippen LogP contribution in [0.15, 0.2) is 47.6 Å². The Morgan fingerprint density at radius 1 is 1.29 bits per heavy atom. The van der Waals surface area contributed by atoms with Gasteiger partial charge in [-0.05, 0) is 57.0 Å². The van der Waals surface area contributed by atoms with Crippen molar-refractivity contribution in [3.05, 3.63) is 65.4 Å². The number of carbonyl (C=O) groups is 1. The second-order valence-corrected chi connectivity index (χ2v) is 9.40. The van der Waals surface area contributed by atoms with E-state index in [1.165, 1.54) is 12.3 Å². The number of nitrogens with two attached hydrogens (primary N) is 1. The van der Waals surface area contributed by atoms with Gasteiger partial charge >= 0.3 is 0 Å². The number of rotatable bonds is 10. The first-order valence-corrected chi connectivity index (χ1v) is 12.6. The molecule has 11 heteroatoms. The Kier molecular flexibility index (Phi) is 9.64. The Labute approximate surface area is 204 Å². The van der Waals surface area contributed by atoms with Gasteiger partial charge in [0.05, 0.1) is 29.4 Å². The fourth-order valence-corrected chi connectivity index (χ4v) is 4.39. The number of amides is 1. The topological polar surface area (TPSA) is 127 Å². The molecule has 1 amide bonds. The Morgan fingerprint density at radius 2 is 2.00 bits per heavy atom. The number of hydrogen-bond donors (Lipinski definition) is 3. The maximum Gasteiger partial charge on any atom is 0.261 e. The predicted molar refractivity (Wildman–Crippen MR) is 137 cm³/mol. The Balaban J connectivity index is 2.38. The molecule has 8 nitrogen and oxygen atoms in total. The summed E-state index contributed by atoms with van der Waals surface area (Å²) in [6.45, 7) is 7.17. The number of nitrogens with one attached hydrogen (secondary N) is 2. The van der Waals surface area contributed by atoms with Gasteiger partial charge in [0.1, 0.15) is 17.2 Å². The molecule has 0 spiro atoms. The van der Waals surface area contributed by atoms with E-state index in [2.05, 4.69) is 15.3 Å². The van der Waals surface area contributed by atoms with Crippen molar-refractivity contribution in [1.82, 2.24) is 4.98 Å². The van der Waals surface area contributed by atoms with E-state index in [0.717, 1.165) is 17.7 Å². The second kappa shape index (κ2) is 12.2. The van der Waals surface area contributed by atoms with Crippen LogP contribution in [0.4, 0.5) is 26.0 Å². The monoisotopic (exact) mass is 505 g/mol. The fourth-order valence-electron chi connectivity index (χ4n) is 3.26. The van der Waals surface area contributed by atoms with E-state index in [1.54, 1.807) is 26.1 Å². The Hall–Kier alpha value is -3.60. The molecule has 0 aliphatic rings. The number of halogens is 2. The average Bonchev–Trinajstić information content (AvgIpc) is 2.78. The van der Waals surface area contributed by atoms with E-state index in [0.29, 0.717) is 12.0 Å². The number of aromatic nitrogens is 1. The lowest BCUT2D eigenvalue weighted by Crippen LogP contribution is -2.21. The summed E-state index contributed by atoms with van der Waals surface area (Å²) in [6.07, 6.45) is 8.62. The summed E-state index contributed by atoms with van der Waals surface area (Å²) in [5.74, 6) is -3.66. The van der Waals surface area contributed by atoms with Crippen LogP contribution in [0.1, 0.15) is 50.0 Å². The third-order valence-corrected chi connectivity index (χ3v) is 6.37. The van der Waals surface area contributed by atoms with E-state index in [-0.39, 0.29) is 23.3 Å². The van der Waals surface area contributed by atoms with Crippen LogP contribution in [0.2, 0.25) is 0 Å². The highest BCUT2D eigenvalue weighted by Crippen LogP contribution is 2.28. The molecule has 1 heterocycles. The number of hydrogen-bond acceptors (Lipinski definition) is 6. The summed E-state index contributed by atoms with van der Waals surface area (Å²) in [5.41, 5.74) is 5.95. The van der Waals surface area contributed by atoms with Gasteiger partial charge in [-0.15, -0.1) is 0 Å². The smallest absolute Gasteiger partial charge is 0.261 e. The molecule has 2 aromatic rings. The van der Waals surface area contributed by atoms with E-state index in [1.807, 2.05) is 30.7 Å². The van der Waals surface area contributed by atoms with Crippen LogP contribution >= 0.6 is 0 Å². The summed E-state index contributed by atoms with van der Waals surface area (Å²) < 4.78 is 55.4. The molecular weight excluding hydrogens is 476 g/mol. The van der Waals surface area contributed by atoms with Gasteiger partial charge in [0, 0.05) is 11.8 Å². The van der Waals surface area contributed by atoms with E-state index < -0.39 is 38.8 Å². The van der Waals surface area contributed by atoms with Crippen molar-refractivity contribution in [2.24, 2.45) is 4.99 Å². The molecule has 0 saturated heterocycles. The van der Waals surface area contributed by atoms with E-state index in [4.69, 9.17) is 5.73 Å². The summed E-state index contributed by atoms with van der Waals surface area (Å²) in [6, 6.07) is 2.98. The number of aliphatic imine (C=N–C) groups is 1. The normalized spacial score (nSPS) is 13.4. The molecule has 0 radical (unpaired) electrons. The molecule has 1 atom stereocenters. The van der Waals surface area contributed by atoms with Gasteiger partial charge in [-0.25, -0.2) is 22.2 Å². The first kappa shape index (κ1) is 27.6. The second-order valence-electron chi connectivity index (χ2n) is 7.56. The van der Waals surface area contributed by atoms with E-state index in [9.17, 15) is 22.0 Å². The van der Waals surface area contributed by atoms with Gasteiger partial charge in [0.25, 0.3) is 5.91 Å². The maximum atomic E-state index is 14.9. The quantitative estimate of drug-likeness (QED) is 0.401. The van der Waals surface area contributed by atoms with Gasteiger partial charge in [0.2, 0.25) is 10.0 Å². The third kappa shape index (κ3) is 7.19. The highest BCUT2D eigenvalue weighted by molar-refractivity contribution is 7.92. The number of benzene rings is 1. The van der Waals surface area contributed by atoms with Crippen LogP contribution in [0.5, 0.6) is 0 Å². The molecule has 1 unspecified atom stereocenters. The summed E-state index contributed by atoms with van der Waals surface area (Å²) in [4.78, 5) is 21.3. The number of nitrogens with zero attached hydrogens (tertiary/aromatic N) is 2. The molecule has 2 rings (SSSR count). The molecule has 0 saturated carbocycles. The Morgan fingerprint density at radius 3 is 2.63 bits per heavy atom. The largest absolute Gasteiger partial charge is 0.383 e. The van der Waals surface area contributed by atoms with Crippen LogP contribution in [-0.4, -0.2) is 37.3 Å². The number of sulfonamides is 1. The summed E-state index contributed by atoms with van der Waals surface area (Å²) in [7, 11) is -3.85. The number of carbonyl (C=O) groups excluding carboxylic acids is 1. The molecule has 1 aromatic carbocycles. The van der Waals surface area contributed by atoms with Crippen LogP contribution in [0.3, 0.4) is 0 Å². The van der Waals surface area contributed by atoms with Gasteiger partial charge in [-0.3, -0.25) is 14.5 Å². The standard InChI is InChI=1S/C24H29F2N5O3S/c1-5-8-11-28-15(4)17(7-3)18-13-16(14-29-23(18)27)30-24(32)21-19(25)9-10-20(22(21)26)31-35(33,34)12-6-2/h5,7-11,13-15,31H,6,12H2,1-4H3,(H2,27,29)(H,30,32)/b8-5-,17-7-,28-11-. The van der Waals surface area contributed by atoms with Crippen molar-refractivity contribution in [2.45, 2.75) is 40.2 Å². The van der Waals surface area contributed by atoms with Crippen molar-refractivity contribution in [1.29, 1.82) is 0 Å². The lowest BCUT2D eigenvalue weighted by molar-refractivity contribution is 0.101. The van der Waals surface area contributed by atoms with Crippen LogP contribution in [-0.2, 0) is 10.0 Å². The fraction of sp³-hybridized carbons (Fsp3) is 0.292. The van der Waals surface area contributed by atoms with E-state index >= 15 is 0 Å². The highest BCUT2D eigenvalue weighted by atomic mass is 32.2. The zero-order valence-corrected chi connectivity index (χ0v) is 20.8. The lowest BCUT2D eigenvalue weighted by Gasteiger charge is -2.16. The third-order valence-electron chi connectivity index (χ3n) is 4.89. The minimum absolute atomic E-state index is 0.138. The number of pyridine rings is 1. The molecule has 0 bridgehead atoms. The SMILES string of the molecule is C/C=C\C=N/C(C)/C(=C/C)c1cc(NC(=O)c2c(F)ccc(NS(=O)(=O)CCC)c2F)cnc1N. The lowest BCUT2D eigenvalue weighted by atomic mass is 10.00. The minimum Gasteiger partial charge on any atom is -0.383 e. The van der Waals surface area contributed by atoms with Gasteiger partial charge in [-0.1, -0.05) is 19.1 Å². The average molecular weight is 506 g/mol. The number of nitrogen functional groups attached to an aromatic ring is 1. The van der Waals surface area contributed by atoms with Crippen molar-refractivity contribution in [3.63, 3.8) is 0 Å². The van der Waals surface area contributed by atoms with Crippen LogP contribution in [0, 0.1) is 11.6 Å². The molecule has 0 fully saturated rings. The molecular formula is C24H29F2N5O3S. The maximum absolute atomic E-state index is 14.9.